The molecule has 0 N–H and O–H groups in total. The van der Waals surface area contributed by atoms with Gasteiger partial charge < -0.3 is 0 Å². The van der Waals surface area contributed by atoms with Crippen molar-refractivity contribution in [1.29, 1.82) is 0 Å². The Morgan fingerprint density at radius 2 is 1.50 bits per heavy atom. The number of aldehydes is 1. The first kappa shape index (κ1) is 16.9. The Hall–Kier alpha value is -1.11. The highest BCUT2D eigenvalue weighted by Crippen LogP contribution is 2.17. The molecule has 0 atom stereocenters. The van der Waals surface area contributed by atoms with Crippen molar-refractivity contribution < 1.29 is 4.79 Å². The third kappa shape index (κ3) is 6.36. The second-order valence-electron chi connectivity index (χ2n) is 5.77. The monoisotopic (exact) mass is 274 g/mol. The molecule has 0 aliphatic rings. The molecule has 0 heterocycles. The van der Waals surface area contributed by atoms with Crippen molar-refractivity contribution in [3.05, 3.63) is 34.9 Å². The van der Waals surface area contributed by atoms with Crippen molar-refractivity contribution in [3.63, 3.8) is 0 Å². The van der Waals surface area contributed by atoms with E-state index in [0.29, 0.717) is 0 Å². The number of aryl methyl sites for hydroxylation is 2. The molecule has 0 aromatic heterocycles. The largest absolute Gasteiger partial charge is 0.298 e. The molecule has 1 aromatic rings. The van der Waals surface area contributed by atoms with Crippen molar-refractivity contribution in [1.82, 2.24) is 0 Å². The summed E-state index contributed by atoms with van der Waals surface area (Å²) in [6, 6.07) is 6.20. The van der Waals surface area contributed by atoms with E-state index >= 15 is 0 Å². The molecule has 0 amide bonds. The van der Waals surface area contributed by atoms with Gasteiger partial charge >= 0.3 is 0 Å². The van der Waals surface area contributed by atoms with E-state index in [1.165, 1.54) is 62.5 Å². The minimum absolute atomic E-state index is 0.816. The second kappa shape index (κ2) is 10.7. The van der Waals surface area contributed by atoms with Gasteiger partial charge in [0.05, 0.1) is 0 Å². The molecule has 0 saturated carbocycles. The number of hydrogen-bond donors (Lipinski definition) is 0. The van der Waals surface area contributed by atoms with Crippen LogP contribution in [0, 0.1) is 0 Å². The van der Waals surface area contributed by atoms with Gasteiger partial charge in [0.1, 0.15) is 6.29 Å². The van der Waals surface area contributed by atoms with Gasteiger partial charge in [0, 0.05) is 5.56 Å². The summed E-state index contributed by atoms with van der Waals surface area (Å²) in [4.78, 5) is 10.9. The van der Waals surface area contributed by atoms with Crippen LogP contribution in [0.5, 0.6) is 0 Å². The van der Waals surface area contributed by atoms with Crippen molar-refractivity contribution in [2.24, 2.45) is 0 Å². The maximum atomic E-state index is 10.9. The molecule has 1 rings (SSSR count). The van der Waals surface area contributed by atoms with Crippen LogP contribution in [0.3, 0.4) is 0 Å². The SMILES string of the molecule is CCCCCCCCCc1ccc(C=O)cc1CCC. The van der Waals surface area contributed by atoms with Crippen molar-refractivity contribution >= 4 is 6.29 Å². The Morgan fingerprint density at radius 3 is 2.15 bits per heavy atom. The van der Waals surface area contributed by atoms with Crippen LogP contribution in [0.4, 0.5) is 0 Å². The molecule has 1 nitrogen and oxygen atoms in total. The van der Waals surface area contributed by atoms with Gasteiger partial charge in [-0.15, -0.1) is 0 Å². The Balaban J connectivity index is 2.36. The minimum atomic E-state index is 0.816. The highest BCUT2D eigenvalue weighted by atomic mass is 16.1. The van der Waals surface area contributed by atoms with Crippen LogP contribution >= 0.6 is 0 Å². The summed E-state index contributed by atoms with van der Waals surface area (Å²) in [5.41, 5.74) is 3.64. The lowest BCUT2D eigenvalue weighted by Crippen LogP contribution is -1.96. The Bertz CT molecular complexity index is 381. The average Bonchev–Trinajstić information content (AvgIpc) is 2.47. The van der Waals surface area contributed by atoms with E-state index in [2.05, 4.69) is 26.0 Å². The first-order valence-electron chi connectivity index (χ1n) is 8.38. The summed E-state index contributed by atoms with van der Waals surface area (Å²) >= 11 is 0. The fraction of sp³-hybridized carbons (Fsp3) is 0.632. The van der Waals surface area contributed by atoms with Crippen molar-refractivity contribution in [3.8, 4) is 0 Å². The molecule has 20 heavy (non-hydrogen) atoms. The fourth-order valence-electron chi connectivity index (χ4n) is 2.74. The van der Waals surface area contributed by atoms with Gasteiger partial charge in [-0.1, -0.05) is 70.9 Å². The molecule has 0 unspecified atom stereocenters. The summed E-state index contributed by atoms with van der Waals surface area (Å²) in [5.74, 6) is 0. The average molecular weight is 274 g/mol. The van der Waals surface area contributed by atoms with Gasteiger partial charge in [-0.2, -0.15) is 0 Å². The maximum Gasteiger partial charge on any atom is 0.150 e. The van der Waals surface area contributed by atoms with Crippen molar-refractivity contribution in [2.75, 3.05) is 0 Å². The summed E-state index contributed by atoms with van der Waals surface area (Å²) in [5, 5.41) is 0. The number of benzene rings is 1. The lowest BCUT2D eigenvalue weighted by molar-refractivity contribution is 0.112. The first-order valence-corrected chi connectivity index (χ1v) is 8.38. The molecular formula is C19H30O. The molecule has 0 fully saturated rings. The van der Waals surface area contributed by atoms with E-state index in [0.717, 1.165) is 24.7 Å². The molecular weight excluding hydrogens is 244 g/mol. The molecule has 0 bridgehead atoms. The van der Waals surface area contributed by atoms with E-state index in [-0.39, 0.29) is 0 Å². The summed E-state index contributed by atoms with van der Waals surface area (Å²) < 4.78 is 0. The Kier molecular flexibility index (Phi) is 9.02. The van der Waals surface area contributed by atoms with Crippen LogP contribution in [-0.4, -0.2) is 6.29 Å². The smallest absolute Gasteiger partial charge is 0.150 e. The number of rotatable bonds is 11. The van der Waals surface area contributed by atoms with Crippen LogP contribution in [0.2, 0.25) is 0 Å². The van der Waals surface area contributed by atoms with Gasteiger partial charge in [0.2, 0.25) is 0 Å². The molecule has 0 aliphatic heterocycles. The quantitative estimate of drug-likeness (QED) is 0.371. The van der Waals surface area contributed by atoms with Gasteiger partial charge in [0.15, 0.2) is 0 Å². The highest BCUT2D eigenvalue weighted by Gasteiger charge is 2.03. The Labute approximate surface area is 124 Å². The number of hydrogen-bond acceptors (Lipinski definition) is 1. The minimum Gasteiger partial charge on any atom is -0.298 e. The summed E-state index contributed by atoms with van der Waals surface area (Å²) in [6.07, 6.45) is 13.8. The topological polar surface area (TPSA) is 17.1 Å². The predicted molar refractivity (Wildman–Crippen MR) is 87.5 cm³/mol. The Morgan fingerprint density at radius 1 is 0.800 bits per heavy atom. The van der Waals surface area contributed by atoms with Gasteiger partial charge in [-0.3, -0.25) is 4.79 Å². The van der Waals surface area contributed by atoms with E-state index in [4.69, 9.17) is 0 Å². The molecule has 1 heteroatoms. The molecule has 1 aromatic carbocycles. The van der Waals surface area contributed by atoms with E-state index < -0.39 is 0 Å². The zero-order valence-electron chi connectivity index (χ0n) is 13.3. The van der Waals surface area contributed by atoms with Gasteiger partial charge in [0.25, 0.3) is 0 Å². The number of carbonyl (C=O) groups excluding carboxylic acids is 1. The summed E-state index contributed by atoms with van der Waals surface area (Å²) in [7, 11) is 0. The maximum absolute atomic E-state index is 10.9. The first-order chi connectivity index (χ1) is 9.81. The molecule has 0 spiro atoms. The third-order valence-corrected chi connectivity index (χ3v) is 3.94. The lowest BCUT2D eigenvalue weighted by atomic mass is 9.96. The van der Waals surface area contributed by atoms with E-state index in [1.807, 2.05) is 6.07 Å². The predicted octanol–water partition coefficient (Wildman–Crippen LogP) is 5.74. The van der Waals surface area contributed by atoms with Crippen LogP contribution in [0.25, 0.3) is 0 Å². The molecule has 0 radical (unpaired) electrons. The van der Waals surface area contributed by atoms with Crippen LogP contribution in [0.1, 0.15) is 86.7 Å². The fourth-order valence-corrected chi connectivity index (χ4v) is 2.74. The molecule has 0 saturated heterocycles. The van der Waals surface area contributed by atoms with Crippen LogP contribution in [0.15, 0.2) is 18.2 Å². The van der Waals surface area contributed by atoms with Gasteiger partial charge in [-0.25, -0.2) is 0 Å². The highest BCUT2D eigenvalue weighted by molar-refractivity contribution is 5.75. The zero-order valence-corrected chi connectivity index (χ0v) is 13.3. The third-order valence-electron chi connectivity index (χ3n) is 3.94. The molecule has 112 valence electrons. The standard InChI is InChI=1S/C19H30O/c1-3-5-6-7-8-9-10-12-18-14-13-17(16-20)15-19(18)11-4-2/h13-16H,3-12H2,1-2H3. The number of unbranched alkanes of at least 4 members (excludes halogenated alkanes) is 6. The van der Waals surface area contributed by atoms with E-state index in [1.54, 1.807) is 0 Å². The normalized spacial score (nSPS) is 10.7. The lowest BCUT2D eigenvalue weighted by Gasteiger charge is -2.09. The number of carbonyl (C=O) groups is 1. The zero-order chi connectivity index (χ0) is 14.6. The van der Waals surface area contributed by atoms with Gasteiger partial charge in [-0.05, 0) is 36.5 Å². The summed E-state index contributed by atoms with van der Waals surface area (Å²) in [6.45, 7) is 4.46. The molecule has 0 aliphatic carbocycles. The van der Waals surface area contributed by atoms with Crippen LogP contribution < -0.4 is 0 Å². The van der Waals surface area contributed by atoms with Crippen LogP contribution in [-0.2, 0) is 12.8 Å². The van der Waals surface area contributed by atoms with E-state index in [9.17, 15) is 4.79 Å². The second-order valence-corrected chi connectivity index (χ2v) is 5.77. The van der Waals surface area contributed by atoms with Crippen molar-refractivity contribution in [2.45, 2.75) is 78.1 Å².